The number of thiophene rings is 1. The molecule has 0 radical (unpaired) electrons. The molecule has 4 nitrogen and oxygen atoms in total. The number of anilines is 2. The van der Waals surface area contributed by atoms with Crippen LogP contribution in [-0.2, 0) is 19.4 Å². The fourth-order valence-electron chi connectivity index (χ4n) is 4.16. The molecular formula is C23H23N3OS. The lowest BCUT2D eigenvalue weighted by molar-refractivity contribution is 0.655. The third-order valence-electron chi connectivity index (χ3n) is 5.53. The molecule has 0 aliphatic heterocycles. The fraction of sp³-hybridized carbons (Fsp3) is 0.304. The van der Waals surface area contributed by atoms with E-state index in [0.29, 0.717) is 12.5 Å². The normalized spacial score (nSPS) is 13.8. The predicted molar refractivity (Wildman–Crippen MR) is 118 cm³/mol. The van der Waals surface area contributed by atoms with E-state index in [2.05, 4.69) is 42.6 Å². The van der Waals surface area contributed by atoms with Crippen LogP contribution in [0.4, 0.5) is 11.6 Å². The van der Waals surface area contributed by atoms with Gasteiger partial charge < -0.3 is 5.32 Å². The average molecular weight is 390 g/mol. The van der Waals surface area contributed by atoms with Crippen LogP contribution in [0, 0.1) is 0 Å². The summed E-state index contributed by atoms with van der Waals surface area (Å²) in [6.07, 6.45) is 5.37. The molecule has 5 rings (SSSR count). The lowest BCUT2D eigenvalue weighted by atomic mass is 9.97. The smallest absolute Gasteiger partial charge is 0.263 e. The minimum atomic E-state index is 0.106. The van der Waals surface area contributed by atoms with Crippen molar-refractivity contribution in [3.8, 4) is 0 Å². The summed E-state index contributed by atoms with van der Waals surface area (Å²) in [6, 6.07) is 14.6. The highest BCUT2D eigenvalue weighted by Gasteiger charge is 2.22. The molecule has 0 spiro atoms. The Hall–Kier alpha value is -2.66. The van der Waals surface area contributed by atoms with Gasteiger partial charge in [-0.1, -0.05) is 37.3 Å². The maximum absolute atomic E-state index is 13.4. The Labute approximate surface area is 167 Å². The van der Waals surface area contributed by atoms with Crippen LogP contribution in [0.25, 0.3) is 21.0 Å². The number of aromatic nitrogens is 2. The molecule has 2 aromatic heterocycles. The first kappa shape index (κ1) is 17.4. The summed E-state index contributed by atoms with van der Waals surface area (Å²) in [7, 11) is 0. The minimum absolute atomic E-state index is 0.106. The van der Waals surface area contributed by atoms with Gasteiger partial charge in [0, 0.05) is 17.1 Å². The zero-order valence-corrected chi connectivity index (χ0v) is 16.8. The molecular weight excluding hydrogens is 366 g/mol. The van der Waals surface area contributed by atoms with Crippen LogP contribution in [0.1, 0.15) is 36.6 Å². The third-order valence-corrected chi connectivity index (χ3v) is 6.71. The number of hydrogen-bond acceptors (Lipinski definition) is 4. The summed E-state index contributed by atoms with van der Waals surface area (Å²) in [6.45, 7) is 2.77. The number of rotatable bonds is 4. The van der Waals surface area contributed by atoms with E-state index >= 15 is 0 Å². The second kappa shape index (κ2) is 7.06. The number of fused-ring (bicyclic) bond motifs is 4. The molecule has 0 bridgehead atoms. The van der Waals surface area contributed by atoms with Crippen LogP contribution >= 0.6 is 11.3 Å². The highest BCUT2D eigenvalue weighted by Crippen LogP contribution is 2.34. The van der Waals surface area contributed by atoms with Crippen molar-refractivity contribution in [1.82, 2.24) is 9.55 Å². The topological polar surface area (TPSA) is 46.9 Å². The molecule has 1 aliphatic rings. The van der Waals surface area contributed by atoms with Gasteiger partial charge in [-0.2, -0.15) is 0 Å². The third kappa shape index (κ3) is 2.90. The van der Waals surface area contributed by atoms with Crippen LogP contribution < -0.4 is 10.9 Å². The van der Waals surface area contributed by atoms with Crippen LogP contribution in [0.2, 0.25) is 0 Å². The van der Waals surface area contributed by atoms with Crippen LogP contribution in [0.3, 0.4) is 0 Å². The molecule has 1 N–H and O–H groups in total. The zero-order chi connectivity index (χ0) is 19.1. The molecule has 0 amide bonds. The number of hydrogen-bond donors (Lipinski definition) is 1. The van der Waals surface area contributed by atoms with Gasteiger partial charge in [-0.15, -0.1) is 11.3 Å². The molecule has 0 saturated carbocycles. The van der Waals surface area contributed by atoms with Gasteiger partial charge in [-0.25, -0.2) is 4.98 Å². The van der Waals surface area contributed by atoms with Crippen molar-refractivity contribution in [2.24, 2.45) is 0 Å². The van der Waals surface area contributed by atoms with Gasteiger partial charge in [0.25, 0.3) is 5.56 Å². The molecule has 2 heterocycles. The summed E-state index contributed by atoms with van der Waals surface area (Å²) >= 11 is 1.70. The first-order valence-corrected chi connectivity index (χ1v) is 10.9. The van der Waals surface area contributed by atoms with Crippen molar-refractivity contribution in [3.05, 3.63) is 63.3 Å². The Morgan fingerprint density at radius 1 is 1.11 bits per heavy atom. The Bertz CT molecular complexity index is 1240. The van der Waals surface area contributed by atoms with E-state index < -0.39 is 0 Å². The number of nitrogens with one attached hydrogen (secondary N) is 1. The summed E-state index contributed by atoms with van der Waals surface area (Å²) in [5, 5.41) is 6.65. The fourth-order valence-corrected chi connectivity index (χ4v) is 5.41. The van der Waals surface area contributed by atoms with Gasteiger partial charge >= 0.3 is 0 Å². The summed E-state index contributed by atoms with van der Waals surface area (Å²) in [5.41, 5.74) is 2.32. The lowest BCUT2D eigenvalue weighted by Crippen LogP contribution is -2.24. The average Bonchev–Trinajstić information content (AvgIpc) is 3.09. The maximum atomic E-state index is 13.4. The molecule has 142 valence electrons. The van der Waals surface area contributed by atoms with Crippen LogP contribution in [0.5, 0.6) is 0 Å². The molecule has 4 aromatic rings. The van der Waals surface area contributed by atoms with Crippen molar-refractivity contribution in [2.45, 2.75) is 45.6 Å². The summed E-state index contributed by atoms with van der Waals surface area (Å²) < 4.78 is 1.82. The monoisotopic (exact) mass is 389 g/mol. The molecule has 0 atom stereocenters. The quantitative estimate of drug-likeness (QED) is 0.491. The van der Waals surface area contributed by atoms with E-state index in [0.717, 1.165) is 35.2 Å². The van der Waals surface area contributed by atoms with Crippen LogP contribution in [-0.4, -0.2) is 9.55 Å². The first-order valence-electron chi connectivity index (χ1n) is 10.1. The summed E-state index contributed by atoms with van der Waals surface area (Å²) in [5.74, 6) is 0.647. The highest BCUT2D eigenvalue weighted by molar-refractivity contribution is 7.18. The SMILES string of the molecule is CCCn1c(Nc2ccc3ccccc3c2)nc2sc3c(c2c1=O)CCCC3. The Balaban J connectivity index is 1.64. The molecule has 0 unspecified atom stereocenters. The zero-order valence-electron chi connectivity index (χ0n) is 16.0. The van der Waals surface area contributed by atoms with Crippen molar-refractivity contribution < 1.29 is 0 Å². The number of benzene rings is 2. The standard InChI is InChI=1S/C23H23N3OS/c1-2-13-26-22(27)20-18-9-5-6-10-19(18)28-21(20)25-23(26)24-17-12-11-15-7-3-4-8-16(15)14-17/h3-4,7-8,11-12,14H,2,5-6,9-10,13H2,1H3,(H,24,25). The van der Waals surface area contributed by atoms with E-state index in [1.807, 2.05) is 16.7 Å². The molecule has 5 heteroatoms. The van der Waals surface area contributed by atoms with Crippen molar-refractivity contribution in [3.63, 3.8) is 0 Å². The second-order valence-electron chi connectivity index (χ2n) is 7.47. The Kier molecular flexibility index (Phi) is 4.40. The van der Waals surface area contributed by atoms with Gasteiger partial charge in [0.1, 0.15) is 4.83 Å². The van der Waals surface area contributed by atoms with Crippen LogP contribution in [0.15, 0.2) is 47.3 Å². The first-order chi connectivity index (χ1) is 13.7. The largest absolute Gasteiger partial charge is 0.325 e. The van der Waals surface area contributed by atoms with Gasteiger partial charge in [-0.3, -0.25) is 9.36 Å². The minimum Gasteiger partial charge on any atom is -0.325 e. The van der Waals surface area contributed by atoms with E-state index in [1.54, 1.807) is 11.3 Å². The Morgan fingerprint density at radius 3 is 2.79 bits per heavy atom. The predicted octanol–water partition coefficient (Wildman–Crippen LogP) is 5.64. The number of nitrogens with zero attached hydrogens (tertiary/aromatic N) is 2. The lowest BCUT2D eigenvalue weighted by Gasteiger charge is -2.14. The van der Waals surface area contributed by atoms with E-state index in [4.69, 9.17) is 4.98 Å². The van der Waals surface area contributed by atoms with Gasteiger partial charge in [0.15, 0.2) is 0 Å². The molecule has 0 saturated heterocycles. The van der Waals surface area contributed by atoms with Gasteiger partial charge in [0.2, 0.25) is 5.95 Å². The van der Waals surface area contributed by atoms with E-state index in [1.165, 1.54) is 34.1 Å². The summed E-state index contributed by atoms with van der Waals surface area (Å²) in [4.78, 5) is 20.5. The number of aryl methyl sites for hydroxylation is 2. The molecule has 28 heavy (non-hydrogen) atoms. The van der Waals surface area contributed by atoms with E-state index in [-0.39, 0.29) is 5.56 Å². The van der Waals surface area contributed by atoms with Gasteiger partial charge in [0.05, 0.1) is 5.39 Å². The van der Waals surface area contributed by atoms with E-state index in [9.17, 15) is 4.79 Å². The molecule has 2 aromatic carbocycles. The molecule has 0 fully saturated rings. The molecule has 1 aliphatic carbocycles. The highest BCUT2D eigenvalue weighted by atomic mass is 32.1. The Morgan fingerprint density at radius 2 is 1.93 bits per heavy atom. The second-order valence-corrected chi connectivity index (χ2v) is 8.55. The van der Waals surface area contributed by atoms with Gasteiger partial charge in [-0.05, 0) is 60.6 Å². The van der Waals surface area contributed by atoms with Crippen molar-refractivity contribution in [2.75, 3.05) is 5.32 Å². The van der Waals surface area contributed by atoms with Crippen molar-refractivity contribution in [1.29, 1.82) is 0 Å². The van der Waals surface area contributed by atoms with Crippen molar-refractivity contribution >= 4 is 44.0 Å². The maximum Gasteiger partial charge on any atom is 0.263 e.